The highest BCUT2D eigenvalue weighted by molar-refractivity contribution is 6.20. The number of para-hydroxylation sites is 1. The third kappa shape index (κ3) is 2.82. The summed E-state index contributed by atoms with van der Waals surface area (Å²) in [5.74, 6) is 0. The molecule has 3 heteroatoms. The van der Waals surface area contributed by atoms with Crippen molar-refractivity contribution in [2.24, 2.45) is 0 Å². The van der Waals surface area contributed by atoms with Crippen LogP contribution in [0.25, 0.3) is 44.2 Å². The van der Waals surface area contributed by atoms with Gasteiger partial charge in [-0.05, 0) is 87.4 Å². The molecule has 0 bridgehead atoms. The lowest BCUT2D eigenvalue weighted by Gasteiger charge is -2.15. The number of hydrogen-bond donors (Lipinski definition) is 0. The fourth-order valence-corrected chi connectivity index (χ4v) is 5.47. The number of fused-ring (bicyclic) bond motifs is 5. The van der Waals surface area contributed by atoms with Crippen LogP contribution in [0.2, 0.25) is 0 Å². The number of aryl methyl sites for hydroxylation is 4. The monoisotopic (exact) mass is 439 g/mol. The maximum Gasteiger partial charge on any atom is 0.0991 e. The molecule has 0 fully saturated rings. The highest BCUT2D eigenvalue weighted by Gasteiger charge is 2.23. The van der Waals surface area contributed by atoms with Crippen molar-refractivity contribution in [1.82, 2.24) is 9.13 Å². The molecule has 0 saturated heterocycles. The summed E-state index contributed by atoms with van der Waals surface area (Å²) < 4.78 is 4.81. The van der Waals surface area contributed by atoms with E-state index in [1.807, 2.05) is 12.1 Å². The van der Waals surface area contributed by atoms with E-state index < -0.39 is 0 Å². The lowest BCUT2D eigenvalue weighted by Crippen LogP contribution is -2.01. The van der Waals surface area contributed by atoms with Crippen molar-refractivity contribution in [2.45, 2.75) is 27.7 Å². The highest BCUT2D eigenvalue weighted by Crippen LogP contribution is 2.42. The second-order valence-corrected chi connectivity index (χ2v) is 9.32. The van der Waals surface area contributed by atoms with Crippen LogP contribution in [0.15, 0.2) is 78.9 Å². The Kier molecular flexibility index (Phi) is 4.40. The molecular formula is C31H25N3. The molecule has 0 N–H and O–H groups in total. The Labute approximate surface area is 199 Å². The Balaban J connectivity index is 1.91. The van der Waals surface area contributed by atoms with Crippen molar-refractivity contribution in [3.63, 3.8) is 0 Å². The Morgan fingerprint density at radius 1 is 0.618 bits per heavy atom. The molecule has 0 unspecified atom stereocenters. The third-order valence-corrected chi connectivity index (χ3v) is 6.83. The summed E-state index contributed by atoms with van der Waals surface area (Å²) in [7, 11) is 0. The molecular weight excluding hydrogens is 414 g/mol. The highest BCUT2D eigenvalue weighted by atomic mass is 15.1. The van der Waals surface area contributed by atoms with Crippen molar-refractivity contribution in [2.75, 3.05) is 0 Å². The van der Waals surface area contributed by atoms with Crippen LogP contribution in [0.4, 0.5) is 0 Å². The maximum absolute atomic E-state index is 9.52. The molecule has 34 heavy (non-hydrogen) atoms. The molecule has 0 radical (unpaired) electrons. The van der Waals surface area contributed by atoms with Crippen LogP contribution in [0.3, 0.4) is 0 Å². The summed E-state index contributed by atoms with van der Waals surface area (Å²) in [6.45, 7) is 8.52. The van der Waals surface area contributed by atoms with E-state index in [1.54, 1.807) is 0 Å². The summed E-state index contributed by atoms with van der Waals surface area (Å²) in [5.41, 5.74) is 12.5. The van der Waals surface area contributed by atoms with Gasteiger partial charge in [0.05, 0.1) is 39.4 Å². The Morgan fingerprint density at radius 3 is 1.71 bits per heavy atom. The minimum absolute atomic E-state index is 0.699. The van der Waals surface area contributed by atoms with Gasteiger partial charge in [-0.25, -0.2) is 0 Å². The molecule has 0 aliphatic carbocycles. The summed E-state index contributed by atoms with van der Waals surface area (Å²) in [6, 6.07) is 30.4. The maximum atomic E-state index is 9.52. The van der Waals surface area contributed by atoms with Crippen molar-refractivity contribution in [3.05, 3.63) is 107 Å². The largest absolute Gasteiger partial charge is 0.307 e. The first-order valence-electron chi connectivity index (χ1n) is 11.6. The molecule has 4 aromatic carbocycles. The fraction of sp³-hybridized carbons (Fsp3) is 0.129. The van der Waals surface area contributed by atoms with E-state index >= 15 is 0 Å². The number of nitrogens with zero attached hydrogens (tertiary/aromatic N) is 3. The van der Waals surface area contributed by atoms with Crippen LogP contribution < -0.4 is 0 Å². The molecule has 0 aliphatic heterocycles. The average molecular weight is 440 g/mol. The molecule has 0 spiro atoms. The van der Waals surface area contributed by atoms with Crippen molar-refractivity contribution in [3.8, 4) is 17.4 Å². The minimum atomic E-state index is 0.699. The van der Waals surface area contributed by atoms with Crippen LogP contribution in [0, 0.1) is 39.0 Å². The minimum Gasteiger partial charge on any atom is -0.307 e. The SMILES string of the molecule is Cc1ccc2c(c1)c1c(c3cc(C)ccc3n1-c1ccccc1)n2-c1c(C)cc(C#N)cc1C. The molecule has 6 aromatic rings. The molecule has 0 amide bonds. The topological polar surface area (TPSA) is 33.6 Å². The number of benzene rings is 4. The van der Waals surface area contributed by atoms with E-state index in [0.717, 1.165) is 22.5 Å². The van der Waals surface area contributed by atoms with Crippen LogP contribution in [-0.4, -0.2) is 9.13 Å². The van der Waals surface area contributed by atoms with Crippen LogP contribution >= 0.6 is 0 Å². The number of nitriles is 1. The van der Waals surface area contributed by atoms with Gasteiger partial charge in [0.2, 0.25) is 0 Å². The predicted molar refractivity (Wildman–Crippen MR) is 141 cm³/mol. The van der Waals surface area contributed by atoms with E-state index in [2.05, 4.69) is 110 Å². The molecule has 2 aromatic heterocycles. The second kappa shape index (κ2) is 7.37. The van der Waals surface area contributed by atoms with Crippen molar-refractivity contribution < 1.29 is 0 Å². The molecule has 164 valence electrons. The third-order valence-electron chi connectivity index (χ3n) is 6.83. The predicted octanol–water partition coefficient (Wildman–Crippen LogP) is 7.83. The number of rotatable bonds is 2. The number of aromatic nitrogens is 2. The molecule has 0 saturated carbocycles. The normalized spacial score (nSPS) is 11.5. The quantitative estimate of drug-likeness (QED) is 0.271. The standard InChI is InChI=1S/C31H25N3/c1-19-10-12-27-25(14-19)31-30(33(27)24-8-6-5-7-9-24)26-15-20(2)11-13-28(26)34(31)29-21(3)16-23(18-32)17-22(29)4/h5-17H,1-4H3. The second-order valence-electron chi connectivity index (χ2n) is 9.32. The van der Waals surface area contributed by atoms with Crippen molar-refractivity contribution >= 4 is 32.8 Å². The molecule has 6 rings (SSSR count). The fourth-order valence-electron chi connectivity index (χ4n) is 5.47. The Morgan fingerprint density at radius 2 is 1.15 bits per heavy atom. The van der Waals surface area contributed by atoms with Gasteiger partial charge in [-0.3, -0.25) is 0 Å². The number of hydrogen-bond acceptors (Lipinski definition) is 1. The van der Waals surface area contributed by atoms with E-state index in [-0.39, 0.29) is 0 Å². The Bertz CT molecular complexity index is 1760. The van der Waals surface area contributed by atoms with Gasteiger partial charge >= 0.3 is 0 Å². The van der Waals surface area contributed by atoms with E-state index in [4.69, 9.17) is 0 Å². The smallest absolute Gasteiger partial charge is 0.0991 e. The van der Waals surface area contributed by atoms with Gasteiger partial charge in [0.25, 0.3) is 0 Å². The van der Waals surface area contributed by atoms with Crippen molar-refractivity contribution in [1.29, 1.82) is 5.26 Å². The Hall–Kier alpha value is -4.29. The summed E-state index contributed by atoms with van der Waals surface area (Å²) >= 11 is 0. The molecule has 3 nitrogen and oxygen atoms in total. The average Bonchev–Trinajstić information content (AvgIpc) is 3.31. The van der Waals surface area contributed by atoms with E-state index in [0.29, 0.717) is 5.56 Å². The summed E-state index contributed by atoms with van der Waals surface area (Å²) in [5, 5.41) is 12.0. The van der Waals surface area contributed by atoms with Gasteiger partial charge in [0.1, 0.15) is 0 Å². The zero-order valence-corrected chi connectivity index (χ0v) is 19.8. The lowest BCUT2D eigenvalue weighted by molar-refractivity contribution is 1.12. The van der Waals surface area contributed by atoms with E-state index in [9.17, 15) is 5.26 Å². The van der Waals surface area contributed by atoms with Crippen LogP contribution in [0.5, 0.6) is 0 Å². The zero-order chi connectivity index (χ0) is 23.6. The molecule has 2 heterocycles. The first-order chi connectivity index (χ1) is 16.5. The lowest BCUT2D eigenvalue weighted by atomic mass is 10.0. The van der Waals surface area contributed by atoms with Gasteiger partial charge in [-0.1, -0.05) is 41.5 Å². The van der Waals surface area contributed by atoms with Crippen LogP contribution in [-0.2, 0) is 0 Å². The van der Waals surface area contributed by atoms with Gasteiger partial charge in [-0.15, -0.1) is 0 Å². The van der Waals surface area contributed by atoms with Gasteiger partial charge in [-0.2, -0.15) is 5.26 Å². The van der Waals surface area contributed by atoms with Gasteiger partial charge in [0.15, 0.2) is 0 Å². The van der Waals surface area contributed by atoms with Crippen LogP contribution in [0.1, 0.15) is 27.8 Å². The molecule has 0 atom stereocenters. The zero-order valence-electron chi connectivity index (χ0n) is 19.8. The first kappa shape index (κ1) is 20.3. The summed E-state index contributed by atoms with van der Waals surface area (Å²) in [4.78, 5) is 0. The van der Waals surface area contributed by atoms with Gasteiger partial charge in [0, 0.05) is 16.5 Å². The van der Waals surface area contributed by atoms with Gasteiger partial charge < -0.3 is 9.13 Å². The molecule has 0 aliphatic rings. The first-order valence-corrected chi connectivity index (χ1v) is 11.6. The summed E-state index contributed by atoms with van der Waals surface area (Å²) in [6.07, 6.45) is 0. The van der Waals surface area contributed by atoms with E-state index in [1.165, 1.54) is 44.0 Å².